The Kier molecular flexibility index (Phi) is 6.01. The van der Waals surface area contributed by atoms with E-state index in [-0.39, 0.29) is 11.9 Å². The first-order valence-electron chi connectivity index (χ1n) is 8.96. The molecule has 5 nitrogen and oxygen atoms in total. The zero-order valence-corrected chi connectivity index (χ0v) is 14.6. The molecule has 1 atom stereocenters. The molecule has 1 amide bonds. The van der Waals surface area contributed by atoms with Crippen LogP contribution in [-0.2, 0) is 11.3 Å². The lowest BCUT2D eigenvalue weighted by atomic mass is 10.0. The number of likely N-dealkylation sites (tertiary alicyclic amines) is 1. The second-order valence-corrected chi connectivity index (χ2v) is 6.53. The van der Waals surface area contributed by atoms with Crippen LogP contribution in [-0.4, -0.2) is 41.5 Å². The topological polar surface area (TPSA) is 62.5 Å². The van der Waals surface area contributed by atoms with Crippen molar-refractivity contribution in [3.63, 3.8) is 0 Å². The van der Waals surface area contributed by atoms with Gasteiger partial charge in [-0.25, -0.2) is 0 Å². The first kappa shape index (κ1) is 17.4. The Morgan fingerprint density at radius 1 is 1.20 bits per heavy atom. The fourth-order valence-corrected chi connectivity index (χ4v) is 3.42. The van der Waals surface area contributed by atoms with Crippen LogP contribution in [0.5, 0.6) is 0 Å². The average Bonchev–Trinajstić information content (AvgIpc) is 2.69. The van der Waals surface area contributed by atoms with E-state index in [2.05, 4.69) is 9.88 Å². The van der Waals surface area contributed by atoms with Gasteiger partial charge < -0.3 is 15.5 Å². The Bertz CT molecular complexity index is 662. The third-order valence-corrected chi connectivity index (χ3v) is 4.76. The minimum atomic E-state index is 0.155. The first-order chi connectivity index (χ1) is 12.3. The maximum atomic E-state index is 13.0. The number of hydrogen-bond acceptors (Lipinski definition) is 4. The molecule has 3 rings (SSSR count). The monoisotopic (exact) mass is 338 g/mol. The van der Waals surface area contributed by atoms with Crippen molar-refractivity contribution >= 4 is 11.6 Å². The van der Waals surface area contributed by atoms with Gasteiger partial charge in [0, 0.05) is 43.8 Å². The number of amides is 1. The van der Waals surface area contributed by atoms with E-state index >= 15 is 0 Å². The molecule has 25 heavy (non-hydrogen) atoms. The van der Waals surface area contributed by atoms with E-state index in [1.54, 1.807) is 6.20 Å². The highest BCUT2D eigenvalue weighted by Crippen LogP contribution is 2.20. The molecule has 0 bridgehead atoms. The van der Waals surface area contributed by atoms with Crippen molar-refractivity contribution in [2.75, 3.05) is 24.5 Å². The molecule has 1 aliphatic heterocycles. The van der Waals surface area contributed by atoms with Crippen molar-refractivity contribution < 1.29 is 4.79 Å². The van der Waals surface area contributed by atoms with E-state index in [9.17, 15) is 4.79 Å². The van der Waals surface area contributed by atoms with Crippen molar-refractivity contribution in [2.24, 2.45) is 5.73 Å². The molecule has 1 fully saturated rings. The molecule has 1 aromatic carbocycles. The number of nitrogens with two attached hydrogens (primary N) is 1. The third-order valence-electron chi connectivity index (χ3n) is 4.76. The summed E-state index contributed by atoms with van der Waals surface area (Å²) in [5.74, 6) is 0.155. The van der Waals surface area contributed by atoms with Crippen LogP contribution in [0.4, 0.5) is 5.69 Å². The summed E-state index contributed by atoms with van der Waals surface area (Å²) in [5.41, 5.74) is 8.01. The van der Waals surface area contributed by atoms with Gasteiger partial charge in [-0.05, 0) is 43.0 Å². The van der Waals surface area contributed by atoms with Crippen LogP contribution >= 0.6 is 0 Å². The molecule has 1 unspecified atom stereocenters. The molecular weight excluding hydrogens is 312 g/mol. The summed E-state index contributed by atoms with van der Waals surface area (Å²) in [4.78, 5) is 21.2. The van der Waals surface area contributed by atoms with Crippen LogP contribution in [0, 0.1) is 0 Å². The summed E-state index contributed by atoms with van der Waals surface area (Å²) in [6.07, 6.45) is 6.85. The Labute approximate surface area is 149 Å². The number of rotatable bonds is 6. The molecule has 1 aliphatic rings. The zero-order valence-electron chi connectivity index (χ0n) is 14.6. The van der Waals surface area contributed by atoms with Gasteiger partial charge in [-0.3, -0.25) is 9.78 Å². The molecular formula is C20H26N4O. The highest BCUT2D eigenvalue weighted by atomic mass is 16.2. The summed E-state index contributed by atoms with van der Waals surface area (Å²) in [7, 11) is 0. The number of anilines is 1. The Morgan fingerprint density at radius 3 is 2.76 bits per heavy atom. The summed E-state index contributed by atoms with van der Waals surface area (Å²) in [6.45, 7) is 2.37. The minimum Gasteiger partial charge on any atom is -0.358 e. The number of aromatic nitrogens is 1. The second kappa shape index (κ2) is 8.62. The summed E-state index contributed by atoms with van der Waals surface area (Å²) >= 11 is 0. The maximum absolute atomic E-state index is 13.0. The van der Waals surface area contributed by atoms with Gasteiger partial charge in [-0.1, -0.05) is 24.3 Å². The number of piperidine rings is 1. The van der Waals surface area contributed by atoms with Crippen LogP contribution in [0.25, 0.3) is 0 Å². The van der Waals surface area contributed by atoms with E-state index in [1.165, 1.54) is 0 Å². The summed E-state index contributed by atoms with van der Waals surface area (Å²) in [6, 6.07) is 14.2. The number of hydrogen-bond donors (Lipinski definition) is 1. The van der Waals surface area contributed by atoms with E-state index in [4.69, 9.17) is 5.73 Å². The van der Waals surface area contributed by atoms with E-state index in [0.717, 1.165) is 37.1 Å². The van der Waals surface area contributed by atoms with Crippen molar-refractivity contribution in [3.05, 3.63) is 60.4 Å². The van der Waals surface area contributed by atoms with Gasteiger partial charge in [-0.2, -0.15) is 0 Å². The fourth-order valence-electron chi connectivity index (χ4n) is 3.42. The van der Waals surface area contributed by atoms with Crippen LogP contribution in [0.1, 0.15) is 24.8 Å². The highest BCUT2D eigenvalue weighted by molar-refractivity contribution is 5.82. The smallest absolute Gasteiger partial charge is 0.242 e. The Morgan fingerprint density at radius 2 is 2.04 bits per heavy atom. The van der Waals surface area contributed by atoms with Gasteiger partial charge >= 0.3 is 0 Å². The molecule has 2 aromatic rings. The largest absolute Gasteiger partial charge is 0.358 e. The number of pyridine rings is 1. The third kappa shape index (κ3) is 4.57. The Balaban J connectivity index is 1.76. The normalized spacial score (nSPS) is 17.3. The molecule has 5 heteroatoms. The molecule has 132 valence electrons. The number of para-hydroxylation sites is 1. The number of carbonyl (C=O) groups excluding carboxylic acids is 1. The van der Waals surface area contributed by atoms with Crippen LogP contribution in [0.15, 0.2) is 54.9 Å². The van der Waals surface area contributed by atoms with Gasteiger partial charge in [-0.15, -0.1) is 0 Å². The van der Waals surface area contributed by atoms with E-state index in [1.807, 2.05) is 53.6 Å². The Hall–Kier alpha value is -2.40. The quantitative estimate of drug-likeness (QED) is 0.879. The molecule has 2 N–H and O–H groups in total. The van der Waals surface area contributed by atoms with Crippen molar-refractivity contribution in [2.45, 2.75) is 31.8 Å². The van der Waals surface area contributed by atoms with Crippen molar-refractivity contribution in [3.8, 4) is 0 Å². The lowest BCUT2D eigenvalue weighted by molar-refractivity contribution is -0.133. The predicted octanol–water partition coefficient (Wildman–Crippen LogP) is 2.43. The molecule has 1 saturated heterocycles. The van der Waals surface area contributed by atoms with Gasteiger partial charge in [0.2, 0.25) is 5.91 Å². The van der Waals surface area contributed by atoms with Gasteiger partial charge in [0.1, 0.15) is 0 Å². The SMILES string of the molecule is NCC1CCCCN1C(=O)CN(Cc1cccnc1)c1ccccc1. The van der Waals surface area contributed by atoms with Gasteiger partial charge in [0.15, 0.2) is 0 Å². The molecule has 2 heterocycles. The van der Waals surface area contributed by atoms with Gasteiger partial charge in [0.05, 0.1) is 6.54 Å². The van der Waals surface area contributed by atoms with E-state index < -0.39 is 0 Å². The van der Waals surface area contributed by atoms with Gasteiger partial charge in [0.25, 0.3) is 0 Å². The summed E-state index contributed by atoms with van der Waals surface area (Å²) < 4.78 is 0. The molecule has 0 aliphatic carbocycles. The zero-order chi connectivity index (χ0) is 17.5. The highest BCUT2D eigenvalue weighted by Gasteiger charge is 2.26. The van der Waals surface area contributed by atoms with E-state index in [0.29, 0.717) is 19.6 Å². The number of nitrogens with zero attached hydrogens (tertiary/aromatic N) is 3. The van der Waals surface area contributed by atoms with Crippen LogP contribution < -0.4 is 10.6 Å². The summed E-state index contributed by atoms with van der Waals surface area (Å²) in [5, 5.41) is 0. The first-order valence-corrected chi connectivity index (χ1v) is 8.96. The predicted molar refractivity (Wildman–Crippen MR) is 100 cm³/mol. The second-order valence-electron chi connectivity index (χ2n) is 6.53. The molecule has 1 aromatic heterocycles. The van der Waals surface area contributed by atoms with Crippen LogP contribution in [0.2, 0.25) is 0 Å². The number of benzene rings is 1. The average molecular weight is 338 g/mol. The number of carbonyl (C=O) groups is 1. The van der Waals surface area contributed by atoms with Crippen molar-refractivity contribution in [1.29, 1.82) is 0 Å². The molecule has 0 radical (unpaired) electrons. The van der Waals surface area contributed by atoms with Crippen LogP contribution in [0.3, 0.4) is 0 Å². The standard InChI is InChI=1S/C20H26N4O/c21-13-19-10-4-5-12-24(19)20(25)16-23(18-8-2-1-3-9-18)15-17-7-6-11-22-14-17/h1-3,6-9,11,14,19H,4-5,10,12-13,15-16,21H2. The lowest BCUT2D eigenvalue weighted by Gasteiger charge is -2.37. The van der Waals surface area contributed by atoms with Crippen molar-refractivity contribution in [1.82, 2.24) is 9.88 Å². The molecule has 0 spiro atoms. The fraction of sp³-hybridized carbons (Fsp3) is 0.400. The maximum Gasteiger partial charge on any atom is 0.242 e. The minimum absolute atomic E-state index is 0.155. The lowest BCUT2D eigenvalue weighted by Crippen LogP contribution is -2.50. The molecule has 0 saturated carbocycles.